The number of thiol groups is 1. The van der Waals surface area contributed by atoms with Crippen LogP contribution in [0.25, 0.3) is 0 Å². The first kappa shape index (κ1) is 13.7. The molecule has 1 unspecified atom stereocenters. The van der Waals surface area contributed by atoms with E-state index in [0.29, 0.717) is 0 Å². The zero-order chi connectivity index (χ0) is 12.2. The Hall–Kier alpha value is -0.380. The maximum absolute atomic E-state index is 12.0. The van der Waals surface area contributed by atoms with E-state index in [9.17, 15) is 4.79 Å². The predicted molar refractivity (Wildman–Crippen MR) is 69.0 cm³/mol. The van der Waals surface area contributed by atoms with Gasteiger partial charge in [0.05, 0.1) is 0 Å². The van der Waals surface area contributed by atoms with Gasteiger partial charge in [-0.25, -0.2) is 4.79 Å². The topological polar surface area (TPSA) is 29.5 Å². The number of hydrogen-bond acceptors (Lipinski definition) is 3. The molecule has 0 saturated carbocycles. The van der Waals surface area contributed by atoms with E-state index in [2.05, 4.69) is 12.6 Å². The number of carbonyl (C=O) groups is 1. The van der Waals surface area contributed by atoms with E-state index >= 15 is 0 Å². The Bertz CT molecular complexity index is 243. The highest BCUT2D eigenvalue weighted by atomic mass is 32.1. The minimum Gasteiger partial charge on any atom is -0.443 e. The van der Waals surface area contributed by atoms with Crippen molar-refractivity contribution in [1.29, 1.82) is 0 Å². The van der Waals surface area contributed by atoms with Crippen LogP contribution in [0.1, 0.15) is 46.5 Å². The highest BCUT2D eigenvalue weighted by Crippen LogP contribution is 2.22. The molecule has 3 nitrogen and oxygen atoms in total. The molecule has 16 heavy (non-hydrogen) atoms. The second-order valence-corrected chi connectivity index (χ2v) is 5.37. The third-order valence-electron chi connectivity index (χ3n) is 3.29. The average Bonchev–Trinajstić information content (AvgIpc) is 2.28. The van der Waals surface area contributed by atoms with Gasteiger partial charge >= 0.3 is 6.09 Å². The Morgan fingerprint density at radius 3 is 2.75 bits per heavy atom. The summed E-state index contributed by atoms with van der Waals surface area (Å²) in [6.45, 7) is 6.73. The van der Waals surface area contributed by atoms with Crippen LogP contribution in [0.4, 0.5) is 4.79 Å². The molecule has 0 spiro atoms. The number of carbonyl (C=O) groups excluding carboxylic acids is 1. The molecule has 1 fully saturated rings. The summed E-state index contributed by atoms with van der Waals surface area (Å²) in [6.07, 6.45) is 3.96. The molecule has 1 atom stereocenters. The molecular weight excluding hydrogens is 222 g/mol. The fourth-order valence-corrected chi connectivity index (χ4v) is 2.18. The van der Waals surface area contributed by atoms with E-state index in [0.717, 1.165) is 31.6 Å². The lowest BCUT2D eigenvalue weighted by Gasteiger charge is -2.36. The first-order valence-corrected chi connectivity index (χ1v) is 6.74. The molecule has 0 radical (unpaired) electrons. The van der Waals surface area contributed by atoms with Crippen LogP contribution in [0.15, 0.2) is 0 Å². The number of piperidine rings is 1. The minimum absolute atomic E-state index is 0.175. The smallest absolute Gasteiger partial charge is 0.410 e. The van der Waals surface area contributed by atoms with Crippen molar-refractivity contribution in [1.82, 2.24) is 4.90 Å². The van der Waals surface area contributed by atoms with Crippen LogP contribution in [-0.2, 0) is 4.74 Å². The summed E-state index contributed by atoms with van der Waals surface area (Å²) in [5, 5.41) is 0. The van der Waals surface area contributed by atoms with E-state index in [4.69, 9.17) is 4.74 Å². The predicted octanol–water partition coefficient (Wildman–Crippen LogP) is 3.10. The molecule has 0 aliphatic carbocycles. The normalized spacial score (nSPS) is 22.0. The van der Waals surface area contributed by atoms with E-state index in [1.165, 1.54) is 6.42 Å². The molecule has 1 heterocycles. The summed E-state index contributed by atoms with van der Waals surface area (Å²) in [6, 6.07) is 0.247. The lowest BCUT2D eigenvalue weighted by molar-refractivity contribution is 0.000571. The van der Waals surface area contributed by atoms with Crippen molar-refractivity contribution in [3.05, 3.63) is 0 Å². The molecule has 1 aliphatic rings. The average molecular weight is 245 g/mol. The first-order chi connectivity index (χ1) is 7.50. The highest BCUT2D eigenvalue weighted by Gasteiger charge is 2.30. The van der Waals surface area contributed by atoms with Gasteiger partial charge < -0.3 is 9.64 Å². The quantitative estimate of drug-likeness (QED) is 0.774. The minimum atomic E-state index is -0.365. The summed E-state index contributed by atoms with van der Waals surface area (Å²) >= 11 is 4.30. The molecule has 1 aliphatic heterocycles. The van der Waals surface area contributed by atoms with Crippen molar-refractivity contribution in [3.8, 4) is 0 Å². The summed E-state index contributed by atoms with van der Waals surface area (Å²) in [4.78, 5) is 13.9. The number of nitrogens with zero attached hydrogens (tertiary/aromatic N) is 1. The highest BCUT2D eigenvalue weighted by molar-refractivity contribution is 7.80. The van der Waals surface area contributed by atoms with Crippen molar-refractivity contribution >= 4 is 18.7 Å². The van der Waals surface area contributed by atoms with Crippen LogP contribution in [0, 0.1) is 0 Å². The van der Waals surface area contributed by atoms with Gasteiger partial charge in [-0.2, -0.15) is 12.6 Å². The van der Waals surface area contributed by atoms with Crippen molar-refractivity contribution in [2.45, 2.75) is 58.1 Å². The van der Waals surface area contributed by atoms with E-state index in [1.54, 1.807) is 0 Å². The van der Waals surface area contributed by atoms with Gasteiger partial charge in [-0.3, -0.25) is 0 Å². The molecule has 0 aromatic carbocycles. The van der Waals surface area contributed by atoms with Crippen LogP contribution in [-0.4, -0.2) is 34.9 Å². The maximum atomic E-state index is 12.0. The second kappa shape index (κ2) is 5.80. The van der Waals surface area contributed by atoms with E-state index in [1.807, 2.05) is 25.7 Å². The van der Waals surface area contributed by atoms with Gasteiger partial charge in [0.25, 0.3) is 0 Å². The van der Waals surface area contributed by atoms with Crippen LogP contribution in [0.3, 0.4) is 0 Å². The number of likely N-dealkylation sites (tertiary alicyclic amines) is 1. The van der Waals surface area contributed by atoms with Gasteiger partial charge in [0.1, 0.15) is 5.60 Å². The molecule has 94 valence electrons. The van der Waals surface area contributed by atoms with Gasteiger partial charge in [-0.15, -0.1) is 0 Å². The van der Waals surface area contributed by atoms with Crippen molar-refractivity contribution in [3.63, 3.8) is 0 Å². The monoisotopic (exact) mass is 245 g/mol. The largest absolute Gasteiger partial charge is 0.443 e. The Labute approximate surface area is 104 Å². The third-order valence-corrected chi connectivity index (χ3v) is 3.71. The molecule has 0 aromatic rings. The van der Waals surface area contributed by atoms with Crippen molar-refractivity contribution in [2.24, 2.45) is 0 Å². The summed E-state index contributed by atoms with van der Waals surface area (Å²) in [5.41, 5.74) is -0.365. The Morgan fingerprint density at radius 1 is 1.50 bits per heavy atom. The standard InChI is InChI=1S/C12H23NO2S/c1-4-12(2,3)15-11(14)13-8-6-5-7-10(13)9-16/h10,16H,4-9H2,1-3H3. The SMILES string of the molecule is CCC(C)(C)OC(=O)N1CCCCC1CS. The Morgan fingerprint density at radius 2 is 2.19 bits per heavy atom. The zero-order valence-corrected chi connectivity index (χ0v) is 11.4. The molecular formula is C12H23NO2S. The lowest BCUT2D eigenvalue weighted by Crippen LogP contribution is -2.47. The van der Waals surface area contributed by atoms with Crippen molar-refractivity contribution < 1.29 is 9.53 Å². The molecule has 1 saturated heterocycles. The Balaban J connectivity index is 2.57. The summed E-state index contributed by atoms with van der Waals surface area (Å²) < 4.78 is 5.51. The van der Waals surface area contributed by atoms with Gasteiger partial charge in [0.2, 0.25) is 0 Å². The van der Waals surface area contributed by atoms with Gasteiger partial charge in [0, 0.05) is 18.3 Å². The number of ether oxygens (including phenoxy) is 1. The molecule has 0 N–H and O–H groups in total. The number of hydrogen-bond donors (Lipinski definition) is 1. The van der Waals surface area contributed by atoms with E-state index < -0.39 is 0 Å². The van der Waals surface area contributed by atoms with Crippen LogP contribution >= 0.6 is 12.6 Å². The summed E-state index contributed by atoms with van der Waals surface area (Å²) in [7, 11) is 0. The summed E-state index contributed by atoms with van der Waals surface area (Å²) in [5.74, 6) is 0.724. The number of rotatable bonds is 3. The molecule has 0 aromatic heterocycles. The first-order valence-electron chi connectivity index (χ1n) is 6.10. The molecule has 1 rings (SSSR count). The van der Waals surface area contributed by atoms with Crippen LogP contribution < -0.4 is 0 Å². The molecule has 4 heteroatoms. The van der Waals surface area contributed by atoms with E-state index in [-0.39, 0.29) is 17.7 Å². The van der Waals surface area contributed by atoms with Crippen molar-refractivity contribution in [2.75, 3.05) is 12.3 Å². The Kier molecular flexibility index (Phi) is 4.96. The molecule has 1 amide bonds. The zero-order valence-electron chi connectivity index (χ0n) is 10.5. The second-order valence-electron chi connectivity index (χ2n) is 5.01. The fourth-order valence-electron chi connectivity index (χ4n) is 1.80. The third kappa shape index (κ3) is 3.58. The van der Waals surface area contributed by atoms with Crippen LogP contribution in [0.2, 0.25) is 0 Å². The van der Waals surface area contributed by atoms with Gasteiger partial charge in [0.15, 0.2) is 0 Å². The lowest BCUT2D eigenvalue weighted by atomic mass is 10.0. The van der Waals surface area contributed by atoms with Gasteiger partial charge in [-0.1, -0.05) is 6.92 Å². The number of amides is 1. The maximum Gasteiger partial charge on any atom is 0.410 e. The molecule has 0 bridgehead atoms. The van der Waals surface area contributed by atoms with Crippen LogP contribution in [0.5, 0.6) is 0 Å². The van der Waals surface area contributed by atoms with Gasteiger partial charge in [-0.05, 0) is 39.5 Å². The fraction of sp³-hybridized carbons (Fsp3) is 0.917.